The molecule has 1 saturated carbocycles. The largest absolute Gasteiger partial charge is 0.488 e. The zero-order chi connectivity index (χ0) is 18.5. The Kier molecular flexibility index (Phi) is 5.78. The summed E-state index contributed by atoms with van der Waals surface area (Å²) in [6.07, 6.45) is 1.11. The van der Waals surface area contributed by atoms with Gasteiger partial charge in [-0.15, -0.1) is 0 Å². The highest BCUT2D eigenvalue weighted by molar-refractivity contribution is 6.30. The van der Waals surface area contributed by atoms with Crippen LogP contribution in [0, 0.1) is 0 Å². The van der Waals surface area contributed by atoms with Crippen molar-refractivity contribution in [3.8, 4) is 5.75 Å². The standard InChI is InChI=1S/C20H20ClNO4/c1-13(19(23)22-16-10-11-16)26-20(24)17-4-2-3-5-18(17)25-12-14-6-8-15(21)9-7-14/h2-9,13,16H,10-12H2,1H3,(H,22,23)/t13-/m1/s1. The van der Waals surface area contributed by atoms with Crippen molar-refractivity contribution in [3.63, 3.8) is 0 Å². The molecule has 2 aromatic rings. The summed E-state index contributed by atoms with van der Waals surface area (Å²) in [4.78, 5) is 24.4. The normalized spacial score (nSPS) is 14.4. The highest BCUT2D eigenvalue weighted by Crippen LogP contribution is 2.22. The van der Waals surface area contributed by atoms with E-state index in [1.165, 1.54) is 0 Å². The molecule has 0 radical (unpaired) electrons. The van der Waals surface area contributed by atoms with Crippen LogP contribution in [-0.4, -0.2) is 24.0 Å². The number of benzene rings is 2. The Balaban J connectivity index is 1.62. The molecule has 136 valence electrons. The van der Waals surface area contributed by atoms with Gasteiger partial charge < -0.3 is 14.8 Å². The summed E-state index contributed by atoms with van der Waals surface area (Å²) in [5.41, 5.74) is 1.21. The molecule has 6 heteroatoms. The summed E-state index contributed by atoms with van der Waals surface area (Å²) in [5, 5.41) is 3.47. The van der Waals surface area contributed by atoms with Crippen molar-refractivity contribution in [1.29, 1.82) is 0 Å². The van der Waals surface area contributed by atoms with Crippen molar-refractivity contribution in [2.45, 2.75) is 38.5 Å². The molecule has 1 aliphatic carbocycles. The smallest absolute Gasteiger partial charge is 0.342 e. The molecule has 26 heavy (non-hydrogen) atoms. The zero-order valence-corrected chi connectivity index (χ0v) is 15.2. The average molecular weight is 374 g/mol. The van der Waals surface area contributed by atoms with Crippen LogP contribution >= 0.6 is 11.6 Å². The number of esters is 1. The summed E-state index contributed by atoms with van der Waals surface area (Å²) >= 11 is 5.87. The topological polar surface area (TPSA) is 64.6 Å². The van der Waals surface area contributed by atoms with E-state index in [4.69, 9.17) is 21.1 Å². The Hall–Kier alpha value is -2.53. The fourth-order valence-electron chi connectivity index (χ4n) is 2.33. The third-order valence-electron chi connectivity index (χ3n) is 3.99. The molecular formula is C20H20ClNO4. The van der Waals surface area contributed by atoms with Crippen LogP contribution in [-0.2, 0) is 16.1 Å². The Bertz CT molecular complexity index is 787. The predicted molar refractivity (Wildman–Crippen MR) is 98.3 cm³/mol. The second kappa shape index (κ2) is 8.23. The number of ether oxygens (including phenoxy) is 2. The number of carbonyl (C=O) groups is 2. The molecule has 1 atom stereocenters. The van der Waals surface area contributed by atoms with Crippen molar-refractivity contribution < 1.29 is 19.1 Å². The minimum Gasteiger partial charge on any atom is -0.488 e. The number of para-hydroxylation sites is 1. The van der Waals surface area contributed by atoms with Gasteiger partial charge >= 0.3 is 5.97 Å². The fourth-order valence-corrected chi connectivity index (χ4v) is 2.45. The molecule has 1 amide bonds. The van der Waals surface area contributed by atoms with Gasteiger partial charge in [-0.05, 0) is 49.6 Å². The molecule has 0 aromatic heterocycles. The van der Waals surface area contributed by atoms with E-state index in [2.05, 4.69) is 5.32 Å². The van der Waals surface area contributed by atoms with E-state index in [9.17, 15) is 9.59 Å². The number of hydrogen-bond donors (Lipinski definition) is 1. The van der Waals surface area contributed by atoms with Gasteiger partial charge in [-0.2, -0.15) is 0 Å². The fraction of sp³-hybridized carbons (Fsp3) is 0.300. The second-order valence-electron chi connectivity index (χ2n) is 6.24. The van der Waals surface area contributed by atoms with E-state index in [0.29, 0.717) is 17.4 Å². The van der Waals surface area contributed by atoms with Gasteiger partial charge in [0.15, 0.2) is 6.10 Å². The van der Waals surface area contributed by atoms with E-state index >= 15 is 0 Å². The van der Waals surface area contributed by atoms with Gasteiger partial charge in [0.05, 0.1) is 0 Å². The summed E-state index contributed by atoms with van der Waals surface area (Å²) in [6.45, 7) is 1.85. The third kappa shape index (κ3) is 4.99. The van der Waals surface area contributed by atoms with E-state index < -0.39 is 12.1 Å². The lowest BCUT2D eigenvalue weighted by molar-refractivity contribution is -0.129. The first kappa shape index (κ1) is 18.3. The van der Waals surface area contributed by atoms with Crippen LogP contribution in [0.15, 0.2) is 48.5 Å². The molecule has 0 heterocycles. The molecule has 0 saturated heterocycles. The number of carbonyl (C=O) groups excluding carboxylic acids is 2. The van der Waals surface area contributed by atoms with E-state index in [1.54, 1.807) is 43.3 Å². The van der Waals surface area contributed by atoms with Crippen molar-refractivity contribution in [3.05, 3.63) is 64.7 Å². The highest BCUT2D eigenvalue weighted by atomic mass is 35.5. The average Bonchev–Trinajstić information content (AvgIpc) is 3.45. The summed E-state index contributed by atoms with van der Waals surface area (Å²) in [6, 6.07) is 14.3. The molecule has 0 aliphatic heterocycles. The first-order valence-electron chi connectivity index (χ1n) is 8.50. The Labute approximate surface area is 157 Å². The van der Waals surface area contributed by atoms with Crippen LogP contribution in [0.2, 0.25) is 5.02 Å². The first-order valence-corrected chi connectivity index (χ1v) is 8.88. The van der Waals surface area contributed by atoms with Crippen molar-refractivity contribution in [2.24, 2.45) is 0 Å². The number of amides is 1. The number of hydrogen-bond acceptors (Lipinski definition) is 4. The number of nitrogens with one attached hydrogen (secondary N) is 1. The van der Waals surface area contributed by atoms with Gasteiger partial charge in [0, 0.05) is 11.1 Å². The van der Waals surface area contributed by atoms with E-state index in [0.717, 1.165) is 18.4 Å². The maximum absolute atomic E-state index is 12.4. The molecule has 3 rings (SSSR count). The second-order valence-corrected chi connectivity index (χ2v) is 6.68. The molecule has 1 N–H and O–H groups in total. The molecule has 0 unspecified atom stereocenters. The van der Waals surface area contributed by atoms with Gasteiger partial charge in [0.25, 0.3) is 5.91 Å². The Morgan fingerprint density at radius 2 is 1.85 bits per heavy atom. The summed E-state index contributed by atoms with van der Waals surface area (Å²) < 4.78 is 11.0. The van der Waals surface area contributed by atoms with Crippen molar-refractivity contribution in [1.82, 2.24) is 5.32 Å². The van der Waals surface area contributed by atoms with E-state index in [-0.39, 0.29) is 17.5 Å². The van der Waals surface area contributed by atoms with Gasteiger partial charge in [0.1, 0.15) is 17.9 Å². The third-order valence-corrected chi connectivity index (χ3v) is 4.24. The van der Waals surface area contributed by atoms with Gasteiger partial charge in [-0.25, -0.2) is 4.79 Å². The lowest BCUT2D eigenvalue weighted by Gasteiger charge is -2.15. The van der Waals surface area contributed by atoms with Crippen LogP contribution in [0.25, 0.3) is 0 Å². The van der Waals surface area contributed by atoms with Crippen LogP contribution < -0.4 is 10.1 Å². The number of rotatable bonds is 7. The predicted octanol–water partition coefficient (Wildman–Crippen LogP) is 3.74. The molecule has 0 bridgehead atoms. The molecule has 1 aliphatic rings. The maximum atomic E-state index is 12.4. The van der Waals surface area contributed by atoms with Gasteiger partial charge in [-0.1, -0.05) is 35.9 Å². The summed E-state index contributed by atoms with van der Waals surface area (Å²) in [5.74, 6) is -0.460. The van der Waals surface area contributed by atoms with Crippen LogP contribution in [0.5, 0.6) is 5.75 Å². The molecule has 2 aromatic carbocycles. The minimum atomic E-state index is -0.854. The Morgan fingerprint density at radius 1 is 1.15 bits per heavy atom. The van der Waals surface area contributed by atoms with Crippen molar-refractivity contribution >= 4 is 23.5 Å². The lowest BCUT2D eigenvalue weighted by atomic mass is 10.2. The highest BCUT2D eigenvalue weighted by Gasteiger charge is 2.28. The maximum Gasteiger partial charge on any atom is 0.342 e. The minimum absolute atomic E-state index is 0.221. The van der Waals surface area contributed by atoms with Crippen molar-refractivity contribution in [2.75, 3.05) is 0 Å². The van der Waals surface area contributed by atoms with Crippen LogP contribution in [0.3, 0.4) is 0 Å². The van der Waals surface area contributed by atoms with E-state index in [1.807, 2.05) is 12.1 Å². The monoisotopic (exact) mass is 373 g/mol. The number of halogens is 1. The SMILES string of the molecule is C[C@@H](OC(=O)c1ccccc1OCc1ccc(Cl)cc1)C(=O)NC1CC1. The summed E-state index contributed by atoms with van der Waals surface area (Å²) in [7, 11) is 0. The van der Waals surface area contributed by atoms with Crippen LogP contribution in [0.4, 0.5) is 0 Å². The molecule has 0 spiro atoms. The van der Waals surface area contributed by atoms with Gasteiger partial charge in [-0.3, -0.25) is 4.79 Å². The molecule has 5 nitrogen and oxygen atoms in total. The zero-order valence-electron chi connectivity index (χ0n) is 14.4. The lowest BCUT2D eigenvalue weighted by Crippen LogP contribution is -2.37. The van der Waals surface area contributed by atoms with Gasteiger partial charge in [0.2, 0.25) is 0 Å². The quantitative estimate of drug-likeness (QED) is 0.751. The molecular weight excluding hydrogens is 354 g/mol. The molecule has 1 fully saturated rings. The first-order chi connectivity index (χ1) is 12.5. The van der Waals surface area contributed by atoms with Crippen LogP contribution in [0.1, 0.15) is 35.7 Å². The Morgan fingerprint density at radius 3 is 2.54 bits per heavy atom.